The molecule has 0 bridgehead atoms. The highest BCUT2D eigenvalue weighted by Gasteiger charge is 2.35. The van der Waals surface area contributed by atoms with Gasteiger partial charge in [-0.1, -0.05) is 0 Å². The molecule has 0 fully saturated rings. The van der Waals surface area contributed by atoms with Crippen LogP contribution in [0.1, 0.15) is 17.0 Å². The lowest BCUT2D eigenvalue weighted by atomic mass is 10.0. The molecule has 144 valence electrons. The van der Waals surface area contributed by atoms with E-state index >= 15 is 0 Å². The fourth-order valence-corrected chi connectivity index (χ4v) is 2.72. The summed E-state index contributed by atoms with van der Waals surface area (Å²) in [4.78, 5) is 19.2. The number of hydrogen-bond acceptors (Lipinski definition) is 4. The molecule has 3 heterocycles. The van der Waals surface area contributed by atoms with Crippen LogP contribution < -0.4 is 5.73 Å². The van der Waals surface area contributed by atoms with E-state index in [-0.39, 0.29) is 35.7 Å². The van der Waals surface area contributed by atoms with E-state index in [9.17, 15) is 18.0 Å². The lowest BCUT2D eigenvalue weighted by molar-refractivity contribution is -0.139. The van der Waals surface area contributed by atoms with E-state index in [0.29, 0.717) is 11.4 Å². The number of imidazole rings is 1. The van der Waals surface area contributed by atoms with Crippen LogP contribution in [0.15, 0.2) is 36.7 Å². The van der Waals surface area contributed by atoms with E-state index in [2.05, 4.69) is 9.97 Å². The third-order valence-electron chi connectivity index (χ3n) is 3.97. The molecular weight excluding hydrogens is 385 g/mol. The first-order chi connectivity index (χ1) is 12.2. The quantitative estimate of drug-likeness (QED) is 0.702. The van der Waals surface area contributed by atoms with E-state index < -0.39 is 23.8 Å². The molecule has 27 heavy (non-hydrogen) atoms. The van der Waals surface area contributed by atoms with Crippen LogP contribution >= 0.6 is 12.4 Å². The Balaban J connectivity index is 0.00000261. The topological polar surface area (TPSA) is 93.5 Å². The van der Waals surface area contributed by atoms with Gasteiger partial charge in [-0.15, -0.1) is 12.4 Å². The number of nitrogens with zero attached hydrogens (tertiary/aromatic N) is 3. The van der Waals surface area contributed by atoms with E-state index in [1.54, 1.807) is 13.1 Å². The number of aryl methyl sites for hydroxylation is 1. The molecule has 3 aromatic rings. The van der Waals surface area contributed by atoms with Crippen molar-refractivity contribution in [2.24, 2.45) is 5.73 Å². The summed E-state index contributed by atoms with van der Waals surface area (Å²) in [6, 6.07) is 4.16. The number of rotatable bonds is 4. The maximum absolute atomic E-state index is 13.4. The Labute approximate surface area is 158 Å². The lowest BCUT2D eigenvalue weighted by Crippen LogP contribution is -2.32. The maximum atomic E-state index is 13.4. The second kappa shape index (κ2) is 7.53. The van der Waals surface area contributed by atoms with Crippen molar-refractivity contribution < 1.29 is 23.1 Å². The lowest BCUT2D eigenvalue weighted by Gasteiger charge is -2.15. The first kappa shape index (κ1) is 20.7. The molecule has 0 amide bonds. The van der Waals surface area contributed by atoms with Crippen molar-refractivity contribution in [1.29, 1.82) is 0 Å². The number of pyridine rings is 2. The molecule has 0 spiro atoms. The Bertz CT molecular complexity index is 988. The Kier molecular flexibility index (Phi) is 5.76. The second-order valence-corrected chi connectivity index (χ2v) is 5.85. The molecule has 0 aliphatic carbocycles. The van der Waals surface area contributed by atoms with Gasteiger partial charge in [-0.05, 0) is 31.2 Å². The molecule has 6 nitrogen and oxygen atoms in total. The van der Waals surface area contributed by atoms with Gasteiger partial charge in [-0.25, -0.2) is 4.98 Å². The number of nitrogens with two attached hydrogens (primary N) is 1. The molecule has 1 atom stereocenters. The molecule has 3 rings (SSSR count). The predicted molar refractivity (Wildman–Crippen MR) is 94.7 cm³/mol. The third-order valence-corrected chi connectivity index (χ3v) is 3.97. The van der Waals surface area contributed by atoms with Gasteiger partial charge in [-0.2, -0.15) is 13.2 Å². The molecule has 0 saturated heterocycles. The van der Waals surface area contributed by atoms with Gasteiger partial charge < -0.3 is 15.2 Å². The van der Waals surface area contributed by atoms with Crippen molar-refractivity contribution >= 4 is 24.0 Å². The molecule has 10 heteroatoms. The van der Waals surface area contributed by atoms with Crippen molar-refractivity contribution in [3.63, 3.8) is 0 Å². The van der Waals surface area contributed by atoms with Crippen LogP contribution in [0.2, 0.25) is 0 Å². The Morgan fingerprint density at radius 3 is 2.63 bits per heavy atom. The van der Waals surface area contributed by atoms with Gasteiger partial charge in [0, 0.05) is 35.8 Å². The van der Waals surface area contributed by atoms with Gasteiger partial charge in [0.1, 0.15) is 11.7 Å². The van der Waals surface area contributed by atoms with Crippen molar-refractivity contribution in [3.8, 4) is 11.3 Å². The van der Waals surface area contributed by atoms with Crippen molar-refractivity contribution in [2.75, 3.05) is 0 Å². The summed E-state index contributed by atoms with van der Waals surface area (Å²) in [5.41, 5.74) is 5.91. The monoisotopic (exact) mass is 400 g/mol. The van der Waals surface area contributed by atoms with Crippen molar-refractivity contribution in [3.05, 3.63) is 53.6 Å². The Morgan fingerprint density at radius 2 is 2.00 bits per heavy atom. The number of carboxylic acids is 1. The maximum Gasteiger partial charge on any atom is 0.418 e. The first-order valence-electron chi connectivity index (χ1n) is 7.67. The fraction of sp³-hybridized carbons (Fsp3) is 0.235. The normalized spacial score (nSPS) is 12.6. The molecule has 3 N–H and O–H groups in total. The molecular formula is C17H16ClF3N4O2. The largest absolute Gasteiger partial charge is 0.480 e. The average molecular weight is 401 g/mol. The minimum Gasteiger partial charge on any atom is -0.480 e. The van der Waals surface area contributed by atoms with Crippen LogP contribution in [0.4, 0.5) is 13.2 Å². The van der Waals surface area contributed by atoms with Gasteiger partial charge in [0.25, 0.3) is 0 Å². The third kappa shape index (κ3) is 4.04. The van der Waals surface area contributed by atoms with Crippen molar-refractivity contribution in [2.45, 2.75) is 25.6 Å². The summed E-state index contributed by atoms with van der Waals surface area (Å²) < 4.78 is 41.7. The van der Waals surface area contributed by atoms with Gasteiger partial charge in [0.15, 0.2) is 0 Å². The molecule has 0 aliphatic rings. The summed E-state index contributed by atoms with van der Waals surface area (Å²) in [6.45, 7) is 1.60. The zero-order valence-electron chi connectivity index (χ0n) is 14.1. The fourth-order valence-electron chi connectivity index (χ4n) is 2.72. The summed E-state index contributed by atoms with van der Waals surface area (Å²) in [6.07, 6.45) is -1.58. The smallest absolute Gasteiger partial charge is 0.418 e. The van der Waals surface area contributed by atoms with Gasteiger partial charge >= 0.3 is 12.1 Å². The predicted octanol–water partition coefficient (Wildman–Crippen LogP) is 3.10. The highest BCUT2D eigenvalue weighted by molar-refractivity contribution is 5.85. The van der Waals surface area contributed by atoms with E-state index in [1.165, 1.54) is 28.8 Å². The molecule has 0 radical (unpaired) electrons. The van der Waals surface area contributed by atoms with Crippen LogP contribution in [0, 0.1) is 6.92 Å². The molecule has 0 unspecified atom stereocenters. The zero-order chi connectivity index (χ0) is 19.1. The molecule has 3 aromatic heterocycles. The van der Waals surface area contributed by atoms with E-state index in [4.69, 9.17) is 10.8 Å². The second-order valence-electron chi connectivity index (χ2n) is 5.85. The number of aliphatic carboxylic acids is 1. The SMILES string of the molecule is Cc1ccc(C(F)(F)F)c(-c2ccc(C[C@H](N)C(=O)O)n3ccnc23)n1.Cl. The van der Waals surface area contributed by atoms with E-state index in [0.717, 1.165) is 6.07 Å². The van der Waals surface area contributed by atoms with Crippen LogP contribution in [0.5, 0.6) is 0 Å². The highest BCUT2D eigenvalue weighted by atomic mass is 35.5. The van der Waals surface area contributed by atoms with Gasteiger partial charge in [0.05, 0.1) is 11.3 Å². The van der Waals surface area contributed by atoms with Crippen LogP contribution in [-0.2, 0) is 17.4 Å². The molecule has 0 aliphatic heterocycles. The number of halogens is 4. The summed E-state index contributed by atoms with van der Waals surface area (Å²) in [7, 11) is 0. The Hall–Kier alpha value is -2.65. The number of aromatic nitrogens is 3. The summed E-state index contributed by atoms with van der Waals surface area (Å²) in [5, 5.41) is 8.97. The number of carboxylic acid groups (broad SMARTS) is 1. The minimum atomic E-state index is -4.57. The van der Waals surface area contributed by atoms with Crippen LogP contribution in [0.3, 0.4) is 0 Å². The number of fused-ring (bicyclic) bond motifs is 1. The van der Waals surface area contributed by atoms with E-state index in [1.807, 2.05) is 0 Å². The molecule has 0 saturated carbocycles. The molecule has 0 aromatic carbocycles. The van der Waals surface area contributed by atoms with Crippen LogP contribution in [-0.4, -0.2) is 31.5 Å². The Morgan fingerprint density at radius 1 is 1.30 bits per heavy atom. The average Bonchev–Trinajstić information content (AvgIpc) is 3.03. The highest BCUT2D eigenvalue weighted by Crippen LogP contribution is 2.37. The standard InChI is InChI=1S/C17H15F3N4O2.ClH/c1-9-2-5-12(17(18,19)20)14(23-9)11-4-3-10(8-13(21)16(25)26)24-7-6-22-15(11)24;/h2-7,13H,8,21H2,1H3,(H,25,26);1H/t13-;/m0./s1. The number of carbonyl (C=O) groups is 1. The van der Waals surface area contributed by atoms with Crippen molar-refractivity contribution in [1.82, 2.24) is 14.4 Å². The number of alkyl halides is 3. The first-order valence-corrected chi connectivity index (χ1v) is 7.67. The zero-order valence-corrected chi connectivity index (χ0v) is 14.9. The van der Waals surface area contributed by atoms with Gasteiger partial charge in [0.2, 0.25) is 0 Å². The summed E-state index contributed by atoms with van der Waals surface area (Å²) in [5.74, 6) is -1.16. The summed E-state index contributed by atoms with van der Waals surface area (Å²) >= 11 is 0. The number of hydrogen-bond donors (Lipinski definition) is 2. The van der Waals surface area contributed by atoms with Gasteiger partial charge in [-0.3, -0.25) is 9.78 Å². The minimum absolute atomic E-state index is 0. The van der Waals surface area contributed by atoms with Crippen LogP contribution in [0.25, 0.3) is 16.9 Å².